The number of likely N-dealkylation sites (tertiary alicyclic amines) is 1. The Morgan fingerprint density at radius 1 is 1.50 bits per heavy atom. The quantitative estimate of drug-likeness (QED) is 0.921. The summed E-state index contributed by atoms with van der Waals surface area (Å²) >= 11 is 1.61. The first-order valence-corrected chi connectivity index (χ1v) is 8.15. The summed E-state index contributed by atoms with van der Waals surface area (Å²) in [7, 11) is 0. The third-order valence-corrected chi connectivity index (χ3v) is 4.90. The minimum absolute atomic E-state index is 0.000302. The molecule has 0 aliphatic carbocycles. The van der Waals surface area contributed by atoms with E-state index in [9.17, 15) is 9.59 Å². The molecule has 0 radical (unpaired) electrons. The molecule has 1 aliphatic rings. The van der Waals surface area contributed by atoms with Crippen LogP contribution < -0.4 is 5.32 Å². The van der Waals surface area contributed by atoms with Crippen LogP contribution in [-0.2, 0) is 16.1 Å². The second kappa shape index (κ2) is 6.36. The molecule has 2 amide bonds. The van der Waals surface area contributed by atoms with Gasteiger partial charge in [0, 0.05) is 17.8 Å². The molecular weight excluding hydrogens is 300 g/mol. The molecule has 0 aromatic carbocycles. The first-order valence-electron chi connectivity index (χ1n) is 7.27. The van der Waals surface area contributed by atoms with E-state index in [0.717, 1.165) is 10.6 Å². The zero-order valence-corrected chi connectivity index (χ0v) is 13.1. The molecule has 3 heterocycles. The third kappa shape index (κ3) is 3.22. The number of hydrogen-bond acceptors (Lipinski definition) is 4. The Labute approximate surface area is 132 Å². The van der Waals surface area contributed by atoms with Crippen LogP contribution in [0.4, 0.5) is 0 Å². The average molecular weight is 318 g/mol. The van der Waals surface area contributed by atoms with Gasteiger partial charge in [0.25, 0.3) is 0 Å². The van der Waals surface area contributed by atoms with Gasteiger partial charge in [-0.3, -0.25) is 9.59 Å². The van der Waals surface area contributed by atoms with Crippen LogP contribution in [0.2, 0.25) is 0 Å². The van der Waals surface area contributed by atoms with Gasteiger partial charge in [-0.15, -0.1) is 11.3 Å². The predicted octanol–water partition coefficient (Wildman–Crippen LogP) is 2.57. The van der Waals surface area contributed by atoms with Gasteiger partial charge in [-0.2, -0.15) is 0 Å². The fraction of sp³-hybridized carbons (Fsp3) is 0.375. The third-order valence-electron chi connectivity index (χ3n) is 3.84. The number of nitrogens with one attached hydrogen (secondary N) is 1. The number of rotatable bonds is 5. The molecule has 5 nitrogen and oxygen atoms in total. The molecule has 3 rings (SSSR count). The smallest absolute Gasteiger partial charge is 0.225 e. The van der Waals surface area contributed by atoms with Gasteiger partial charge in [-0.25, -0.2) is 0 Å². The van der Waals surface area contributed by atoms with Crippen molar-refractivity contribution < 1.29 is 14.0 Å². The summed E-state index contributed by atoms with van der Waals surface area (Å²) < 4.78 is 5.26. The molecule has 0 spiro atoms. The number of thiophene rings is 1. The second-order valence-electron chi connectivity index (χ2n) is 5.50. The zero-order chi connectivity index (χ0) is 15.5. The van der Waals surface area contributed by atoms with E-state index in [2.05, 4.69) is 5.32 Å². The predicted molar refractivity (Wildman–Crippen MR) is 83.1 cm³/mol. The highest BCUT2D eigenvalue weighted by Crippen LogP contribution is 2.23. The Morgan fingerprint density at radius 2 is 2.36 bits per heavy atom. The van der Waals surface area contributed by atoms with Crippen LogP contribution in [0, 0.1) is 5.92 Å². The first-order chi connectivity index (χ1) is 10.6. The van der Waals surface area contributed by atoms with Crippen LogP contribution in [0.3, 0.4) is 0 Å². The van der Waals surface area contributed by atoms with Crippen LogP contribution in [0.5, 0.6) is 0 Å². The van der Waals surface area contributed by atoms with Gasteiger partial charge in [-0.05, 0) is 30.5 Å². The Morgan fingerprint density at radius 3 is 3.05 bits per heavy atom. The standard InChI is InChI=1S/C16H18N2O3S/c1-11(14-5-3-7-22-14)17-16(20)12-8-15(19)18(9-12)10-13-4-2-6-21-13/h2-7,11-12H,8-10H2,1H3,(H,17,20)/t11-,12-/m0/s1. The number of nitrogens with zero attached hydrogens (tertiary/aromatic N) is 1. The Hall–Kier alpha value is -2.08. The van der Waals surface area contributed by atoms with Crippen molar-refractivity contribution in [2.45, 2.75) is 25.9 Å². The molecular formula is C16H18N2O3S. The van der Waals surface area contributed by atoms with Crippen LogP contribution in [0.1, 0.15) is 30.0 Å². The van der Waals surface area contributed by atoms with Crippen molar-refractivity contribution in [3.05, 3.63) is 46.5 Å². The molecule has 0 saturated carbocycles. The topological polar surface area (TPSA) is 62.6 Å². The van der Waals surface area contributed by atoms with Crippen molar-refractivity contribution in [1.82, 2.24) is 10.2 Å². The number of furan rings is 1. The molecule has 22 heavy (non-hydrogen) atoms. The second-order valence-corrected chi connectivity index (χ2v) is 6.48. The summed E-state index contributed by atoms with van der Waals surface area (Å²) in [6.07, 6.45) is 1.85. The van der Waals surface area contributed by atoms with Gasteiger partial charge in [0.15, 0.2) is 0 Å². The van der Waals surface area contributed by atoms with Gasteiger partial charge in [0.05, 0.1) is 24.8 Å². The molecule has 0 unspecified atom stereocenters. The van der Waals surface area contributed by atoms with E-state index in [-0.39, 0.29) is 30.2 Å². The van der Waals surface area contributed by atoms with Crippen molar-refractivity contribution in [3.8, 4) is 0 Å². The Bertz CT molecular complexity index is 636. The normalized spacial score (nSPS) is 19.4. The molecule has 2 atom stereocenters. The fourth-order valence-corrected chi connectivity index (χ4v) is 3.37. The zero-order valence-electron chi connectivity index (χ0n) is 12.3. The summed E-state index contributed by atoms with van der Waals surface area (Å²) in [4.78, 5) is 27.2. The van der Waals surface area contributed by atoms with Gasteiger partial charge in [0.1, 0.15) is 5.76 Å². The molecule has 1 saturated heterocycles. The monoisotopic (exact) mass is 318 g/mol. The molecule has 2 aromatic rings. The highest BCUT2D eigenvalue weighted by Gasteiger charge is 2.35. The van der Waals surface area contributed by atoms with Crippen molar-refractivity contribution >= 4 is 23.2 Å². The molecule has 1 N–H and O–H groups in total. The number of hydrogen-bond donors (Lipinski definition) is 1. The van der Waals surface area contributed by atoms with E-state index < -0.39 is 0 Å². The van der Waals surface area contributed by atoms with Crippen molar-refractivity contribution in [2.24, 2.45) is 5.92 Å². The summed E-state index contributed by atoms with van der Waals surface area (Å²) in [5.74, 6) is 0.391. The van der Waals surface area contributed by atoms with Crippen LogP contribution in [0.15, 0.2) is 40.3 Å². The average Bonchev–Trinajstić information content (AvgIpc) is 3.22. The van der Waals surface area contributed by atoms with Gasteiger partial charge >= 0.3 is 0 Å². The Balaban J connectivity index is 1.56. The Kier molecular flexibility index (Phi) is 4.29. The minimum atomic E-state index is -0.287. The van der Waals surface area contributed by atoms with Crippen LogP contribution in [-0.4, -0.2) is 23.3 Å². The molecule has 6 heteroatoms. The van der Waals surface area contributed by atoms with E-state index in [1.165, 1.54) is 0 Å². The highest BCUT2D eigenvalue weighted by atomic mass is 32.1. The van der Waals surface area contributed by atoms with E-state index in [4.69, 9.17) is 4.42 Å². The molecule has 116 valence electrons. The van der Waals surface area contributed by atoms with Crippen molar-refractivity contribution in [2.75, 3.05) is 6.54 Å². The largest absolute Gasteiger partial charge is 0.467 e. The summed E-state index contributed by atoms with van der Waals surface area (Å²) in [6, 6.07) is 7.56. The molecule has 1 aliphatic heterocycles. The molecule has 1 fully saturated rings. The number of carbonyl (C=O) groups excluding carboxylic acids is 2. The maximum absolute atomic E-state index is 12.3. The fourth-order valence-electron chi connectivity index (χ4n) is 2.63. The maximum Gasteiger partial charge on any atom is 0.225 e. The maximum atomic E-state index is 12.3. The van der Waals surface area contributed by atoms with Gasteiger partial charge in [-0.1, -0.05) is 6.07 Å². The lowest BCUT2D eigenvalue weighted by atomic mass is 10.1. The lowest BCUT2D eigenvalue weighted by molar-refractivity contribution is -0.129. The van der Waals surface area contributed by atoms with Gasteiger partial charge in [0.2, 0.25) is 11.8 Å². The van der Waals surface area contributed by atoms with Crippen molar-refractivity contribution in [3.63, 3.8) is 0 Å². The SMILES string of the molecule is C[C@H](NC(=O)[C@H]1CC(=O)N(Cc2ccco2)C1)c1cccs1. The first kappa shape index (κ1) is 14.8. The van der Waals surface area contributed by atoms with E-state index in [1.807, 2.05) is 30.5 Å². The summed E-state index contributed by atoms with van der Waals surface area (Å²) in [6.45, 7) is 2.83. The van der Waals surface area contributed by atoms with Crippen molar-refractivity contribution in [1.29, 1.82) is 0 Å². The van der Waals surface area contributed by atoms with Crippen LogP contribution in [0.25, 0.3) is 0 Å². The lowest BCUT2D eigenvalue weighted by Gasteiger charge is -2.17. The van der Waals surface area contributed by atoms with E-state index >= 15 is 0 Å². The highest BCUT2D eigenvalue weighted by molar-refractivity contribution is 7.10. The molecule has 2 aromatic heterocycles. The summed E-state index contributed by atoms with van der Waals surface area (Å²) in [5.41, 5.74) is 0. The number of amides is 2. The van der Waals surface area contributed by atoms with Crippen LogP contribution >= 0.6 is 11.3 Å². The summed E-state index contributed by atoms with van der Waals surface area (Å²) in [5, 5.41) is 4.98. The number of carbonyl (C=O) groups is 2. The minimum Gasteiger partial charge on any atom is -0.467 e. The van der Waals surface area contributed by atoms with Gasteiger partial charge < -0.3 is 14.6 Å². The van der Waals surface area contributed by atoms with E-state index in [1.54, 1.807) is 28.6 Å². The molecule has 0 bridgehead atoms. The van der Waals surface area contributed by atoms with E-state index in [0.29, 0.717) is 13.1 Å². The lowest BCUT2D eigenvalue weighted by Crippen LogP contribution is -2.34.